The first-order chi connectivity index (χ1) is 8.81. The number of hydrogen-bond acceptors (Lipinski definition) is 6. The summed E-state index contributed by atoms with van der Waals surface area (Å²) in [6.07, 6.45) is 1.77. The fourth-order valence-electron chi connectivity index (χ4n) is 2.22. The Kier molecular flexibility index (Phi) is 4.89. The molecule has 0 bridgehead atoms. The lowest BCUT2D eigenvalue weighted by molar-refractivity contribution is 0.108. The van der Waals surface area contributed by atoms with Crippen molar-refractivity contribution < 1.29 is 5.11 Å². The van der Waals surface area contributed by atoms with E-state index in [4.69, 9.17) is 10.9 Å². The van der Waals surface area contributed by atoms with Gasteiger partial charge in [-0.1, -0.05) is 0 Å². The first-order valence-electron chi connectivity index (χ1n) is 6.29. The average molecular weight is 251 g/mol. The second kappa shape index (κ2) is 6.65. The summed E-state index contributed by atoms with van der Waals surface area (Å²) in [5.41, 5.74) is 3.78. The van der Waals surface area contributed by atoms with Crippen LogP contribution in [0.15, 0.2) is 18.3 Å². The molecule has 6 nitrogen and oxygen atoms in total. The number of pyridine rings is 1. The Balaban J connectivity index is 1.83. The molecule has 0 unspecified atom stereocenters. The van der Waals surface area contributed by atoms with Crippen LogP contribution >= 0.6 is 0 Å². The third-order valence-electron chi connectivity index (χ3n) is 3.26. The molecule has 4 N–H and O–H groups in total. The third kappa shape index (κ3) is 3.64. The van der Waals surface area contributed by atoms with Gasteiger partial charge in [-0.3, -0.25) is 9.80 Å². The smallest absolute Gasteiger partial charge is 0.140 e. The van der Waals surface area contributed by atoms with Gasteiger partial charge in [-0.2, -0.15) is 0 Å². The first kappa shape index (κ1) is 13.2. The molecule has 6 heteroatoms. The van der Waals surface area contributed by atoms with E-state index in [1.54, 1.807) is 6.20 Å². The number of nitrogens with two attached hydrogens (primary N) is 1. The second-order valence-electron chi connectivity index (χ2n) is 4.54. The predicted octanol–water partition coefficient (Wildman–Crippen LogP) is -0.523. The largest absolute Gasteiger partial charge is 0.395 e. The van der Waals surface area contributed by atoms with Crippen LogP contribution in [0.2, 0.25) is 0 Å². The third-order valence-corrected chi connectivity index (χ3v) is 3.26. The average Bonchev–Trinajstić information content (AvgIpc) is 2.42. The SMILES string of the molecule is NNc1cc(CN2CCN(CCO)CC2)ccn1. The van der Waals surface area contributed by atoms with Crippen LogP contribution in [0.25, 0.3) is 0 Å². The molecule has 1 aromatic rings. The summed E-state index contributed by atoms with van der Waals surface area (Å²) in [5, 5.41) is 8.90. The van der Waals surface area contributed by atoms with E-state index in [-0.39, 0.29) is 6.61 Å². The van der Waals surface area contributed by atoms with Gasteiger partial charge in [0.15, 0.2) is 0 Å². The van der Waals surface area contributed by atoms with E-state index in [0.29, 0.717) is 5.82 Å². The zero-order valence-electron chi connectivity index (χ0n) is 10.5. The van der Waals surface area contributed by atoms with Crippen LogP contribution in [0.3, 0.4) is 0 Å². The van der Waals surface area contributed by atoms with Crippen LogP contribution in [-0.2, 0) is 6.54 Å². The highest BCUT2D eigenvalue weighted by atomic mass is 16.3. The highest BCUT2D eigenvalue weighted by Crippen LogP contribution is 2.10. The van der Waals surface area contributed by atoms with Gasteiger partial charge in [0.25, 0.3) is 0 Å². The van der Waals surface area contributed by atoms with Gasteiger partial charge >= 0.3 is 0 Å². The van der Waals surface area contributed by atoms with E-state index in [2.05, 4.69) is 20.2 Å². The molecule has 1 aliphatic rings. The minimum absolute atomic E-state index is 0.246. The van der Waals surface area contributed by atoms with Gasteiger partial charge in [0.05, 0.1) is 6.61 Å². The monoisotopic (exact) mass is 251 g/mol. The van der Waals surface area contributed by atoms with Gasteiger partial charge in [0.1, 0.15) is 5.82 Å². The Morgan fingerprint density at radius 1 is 1.28 bits per heavy atom. The molecule has 1 fully saturated rings. The normalized spacial score (nSPS) is 17.9. The molecule has 1 aromatic heterocycles. The van der Waals surface area contributed by atoms with Crippen molar-refractivity contribution in [3.63, 3.8) is 0 Å². The number of nitrogens with one attached hydrogen (secondary N) is 1. The fourth-order valence-corrected chi connectivity index (χ4v) is 2.22. The van der Waals surface area contributed by atoms with Crippen LogP contribution in [0.5, 0.6) is 0 Å². The molecule has 0 radical (unpaired) electrons. The van der Waals surface area contributed by atoms with Crippen molar-refractivity contribution in [1.29, 1.82) is 0 Å². The van der Waals surface area contributed by atoms with Crippen LogP contribution in [-0.4, -0.2) is 59.2 Å². The molecular weight excluding hydrogens is 230 g/mol. The summed E-state index contributed by atoms with van der Waals surface area (Å²) in [6, 6.07) is 3.99. The van der Waals surface area contributed by atoms with Crippen LogP contribution in [0, 0.1) is 0 Å². The number of aliphatic hydroxyl groups excluding tert-OH is 1. The molecule has 1 aliphatic heterocycles. The number of hydrogen-bond donors (Lipinski definition) is 3. The number of anilines is 1. The van der Waals surface area contributed by atoms with E-state index in [1.807, 2.05) is 12.1 Å². The molecule has 100 valence electrons. The zero-order valence-corrected chi connectivity index (χ0v) is 10.5. The second-order valence-corrected chi connectivity index (χ2v) is 4.54. The Morgan fingerprint density at radius 3 is 2.67 bits per heavy atom. The predicted molar refractivity (Wildman–Crippen MR) is 70.8 cm³/mol. The lowest BCUT2D eigenvalue weighted by atomic mass is 10.2. The number of β-amino-alcohol motifs (C(OH)–C–C–N with tert-alkyl or cyclic N) is 1. The topological polar surface area (TPSA) is 77.7 Å². The standard InChI is InChI=1S/C12H21N5O/c13-15-12-9-11(1-2-14-12)10-17-5-3-16(4-6-17)7-8-18/h1-2,9,18H,3-8,10,13H2,(H,14,15). The molecule has 18 heavy (non-hydrogen) atoms. The molecule has 0 aliphatic carbocycles. The summed E-state index contributed by atoms with van der Waals surface area (Å²) in [7, 11) is 0. The van der Waals surface area contributed by atoms with Gasteiger partial charge in [-0.25, -0.2) is 10.8 Å². The quantitative estimate of drug-likeness (QED) is 0.483. The van der Waals surface area contributed by atoms with Crippen molar-refractivity contribution in [1.82, 2.24) is 14.8 Å². The maximum absolute atomic E-state index is 8.90. The van der Waals surface area contributed by atoms with Gasteiger partial charge in [-0.05, 0) is 17.7 Å². The summed E-state index contributed by atoms with van der Waals surface area (Å²) in [6.45, 7) is 6.06. The molecule has 0 saturated carbocycles. The zero-order chi connectivity index (χ0) is 12.8. The molecule has 2 heterocycles. The number of aromatic nitrogens is 1. The number of hydrazine groups is 1. The molecule has 2 rings (SSSR count). The van der Waals surface area contributed by atoms with Gasteiger partial charge in [0.2, 0.25) is 0 Å². The van der Waals surface area contributed by atoms with Crippen molar-refractivity contribution in [2.45, 2.75) is 6.54 Å². The van der Waals surface area contributed by atoms with Gasteiger partial charge < -0.3 is 10.5 Å². The van der Waals surface area contributed by atoms with Crippen molar-refractivity contribution in [3.8, 4) is 0 Å². The van der Waals surface area contributed by atoms with Crippen molar-refractivity contribution >= 4 is 5.82 Å². The maximum atomic E-state index is 8.90. The van der Waals surface area contributed by atoms with Crippen LogP contribution in [0.4, 0.5) is 5.82 Å². The number of rotatable bonds is 5. The Morgan fingerprint density at radius 2 is 2.00 bits per heavy atom. The Hall–Kier alpha value is -1.21. The van der Waals surface area contributed by atoms with E-state index < -0.39 is 0 Å². The molecule has 0 spiro atoms. The Labute approximate surface area is 107 Å². The lowest BCUT2D eigenvalue weighted by Crippen LogP contribution is -2.46. The first-order valence-corrected chi connectivity index (χ1v) is 6.29. The van der Waals surface area contributed by atoms with Crippen molar-refractivity contribution in [3.05, 3.63) is 23.9 Å². The highest BCUT2D eigenvalue weighted by molar-refractivity contribution is 5.35. The summed E-state index contributed by atoms with van der Waals surface area (Å²) >= 11 is 0. The number of nitrogen functional groups attached to an aromatic ring is 1. The molecule has 0 amide bonds. The number of piperazine rings is 1. The molecule has 0 atom stereocenters. The summed E-state index contributed by atoms with van der Waals surface area (Å²) < 4.78 is 0. The van der Waals surface area contributed by atoms with E-state index in [9.17, 15) is 0 Å². The van der Waals surface area contributed by atoms with Crippen molar-refractivity contribution in [2.24, 2.45) is 5.84 Å². The van der Waals surface area contributed by atoms with Crippen LogP contribution < -0.4 is 11.3 Å². The van der Waals surface area contributed by atoms with Crippen LogP contribution in [0.1, 0.15) is 5.56 Å². The van der Waals surface area contributed by atoms with E-state index >= 15 is 0 Å². The van der Waals surface area contributed by atoms with E-state index in [1.165, 1.54) is 5.56 Å². The Bertz CT molecular complexity index is 365. The summed E-state index contributed by atoms with van der Waals surface area (Å²) in [5.74, 6) is 6.05. The lowest BCUT2D eigenvalue weighted by Gasteiger charge is -2.34. The fraction of sp³-hybridized carbons (Fsp3) is 0.583. The van der Waals surface area contributed by atoms with E-state index in [0.717, 1.165) is 39.3 Å². The minimum Gasteiger partial charge on any atom is -0.395 e. The molecule has 1 saturated heterocycles. The molecule has 0 aromatic carbocycles. The number of nitrogens with zero attached hydrogens (tertiary/aromatic N) is 3. The molecular formula is C12H21N5O. The maximum Gasteiger partial charge on any atom is 0.140 e. The van der Waals surface area contributed by atoms with Gasteiger partial charge in [0, 0.05) is 45.5 Å². The number of aliphatic hydroxyl groups is 1. The van der Waals surface area contributed by atoms with Crippen molar-refractivity contribution in [2.75, 3.05) is 44.8 Å². The highest BCUT2D eigenvalue weighted by Gasteiger charge is 2.16. The summed E-state index contributed by atoms with van der Waals surface area (Å²) in [4.78, 5) is 8.79. The minimum atomic E-state index is 0.246. The van der Waals surface area contributed by atoms with Gasteiger partial charge in [-0.15, -0.1) is 0 Å².